The van der Waals surface area contributed by atoms with Crippen molar-refractivity contribution in [1.29, 1.82) is 0 Å². The average molecular weight is 229 g/mol. The van der Waals surface area contributed by atoms with Crippen LogP contribution in [0.1, 0.15) is 38.2 Å². The van der Waals surface area contributed by atoms with Crippen LogP contribution in [0.2, 0.25) is 0 Å². The van der Waals surface area contributed by atoms with Gasteiger partial charge in [-0.1, -0.05) is 42.8 Å². The van der Waals surface area contributed by atoms with Crippen molar-refractivity contribution in [2.24, 2.45) is 0 Å². The summed E-state index contributed by atoms with van der Waals surface area (Å²) in [7, 11) is 0. The minimum Gasteiger partial charge on any atom is -0.293 e. The van der Waals surface area contributed by atoms with Gasteiger partial charge >= 0.3 is 0 Å². The van der Waals surface area contributed by atoms with Gasteiger partial charge in [0.25, 0.3) is 0 Å². The quantitative estimate of drug-likeness (QED) is 0.705. The summed E-state index contributed by atoms with van der Waals surface area (Å²) < 4.78 is 0. The van der Waals surface area contributed by atoms with E-state index in [1.54, 1.807) is 0 Å². The van der Waals surface area contributed by atoms with Crippen molar-refractivity contribution in [2.45, 2.75) is 51.2 Å². The monoisotopic (exact) mass is 229 g/mol. The van der Waals surface area contributed by atoms with Crippen LogP contribution in [0.15, 0.2) is 43.0 Å². The Kier molecular flexibility index (Phi) is 4.38. The minimum atomic E-state index is 0.691. The zero-order valence-corrected chi connectivity index (χ0v) is 10.8. The fourth-order valence-electron chi connectivity index (χ4n) is 2.87. The summed E-state index contributed by atoms with van der Waals surface area (Å²) in [6.45, 7) is 7.34. The van der Waals surface area contributed by atoms with Gasteiger partial charge < -0.3 is 0 Å². The molecule has 1 nitrogen and oxygen atoms in total. The SMILES string of the molecule is C=CC[C@H]1CCC[C@@H](C)N1Cc1ccccc1. The Bertz CT molecular complexity index is 344. The van der Waals surface area contributed by atoms with Crippen molar-refractivity contribution in [3.63, 3.8) is 0 Å². The molecule has 1 aromatic carbocycles. The smallest absolute Gasteiger partial charge is 0.0239 e. The molecule has 2 rings (SSSR count). The summed E-state index contributed by atoms with van der Waals surface area (Å²) in [5, 5.41) is 0. The first-order valence-electron chi connectivity index (χ1n) is 6.72. The van der Waals surface area contributed by atoms with Crippen molar-refractivity contribution in [3.05, 3.63) is 48.6 Å². The molecule has 0 aliphatic carbocycles. The van der Waals surface area contributed by atoms with E-state index in [4.69, 9.17) is 0 Å². The number of hydrogen-bond acceptors (Lipinski definition) is 1. The Hall–Kier alpha value is -1.08. The highest BCUT2D eigenvalue weighted by Gasteiger charge is 2.26. The summed E-state index contributed by atoms with van der Waals surface area (Å²) in [6, 6.07) is 12.2. The van der Waals surface area contributed by atoms with Gasteiger partial charge in [-0.05, 0) is 31.7 Å². The van der Waals surface area contributed by atoms with Gasteiger partial charge in [-0.15, -0.1) is 6.58 Å². The van der Waals surface area contributed by atoms with Crippen LogP contribution in [-0.2, 0) is 6.54 Å². The molecule has 0 bridgehead atoms. The second kappa shape index (κ2) is 6.02. The first kappa shape index (κ1) is 12.4. The van der Waals surface area contributed by atoms with Gasteiger partial charge in [-0.25, -0.2) is 0 Å². The molecule has 0 radical (unpaired) electrons. The molecule has 2 atom stereocenters. The largest absolute Gasteiger partial charge is 0.293 e. The van der Waals surface area contributed by atoms with Crippen molar-refractivity contribution < 1.29 is 0 Å². The zero-order chi connectivity index (χ0) is 12.1. The highest BCUT2D eigenvalue weighted by Crippen LogP contribution is 2.26. The third-order valence-corrected chi connectivity index (χ3v) is 3.84. The van der Waals surface area contributed by atoms with Crippen molar-refractivity contribution in [1.82, 2.24) is 4.90 Å². The van der Waals surface area contributed by atoms with Gasteiger partial charge in [0.05, 0.1) is 0 Å². The second-order valence-electron chi connectivity index (χ2n) is 5.12. The topological polar surface area (TPSA) is 3.24 Å². The molecule has 1 fully saturated rings. The number of piperidine rings is 1. The Labute approximate surface area is 105 Å². The lowest BCUT2D eigenvalue weighted by atomic mass is 9.93. The molecule has 0 aromatic heterocycles. The van der Waals surface area contributed by atoms with E-state index in [2.05, 4.69) is 54.8 Å². The fraction of sp³-hybridized carbons (Fsp3) is 0.500. The standard InChI is InChI=1S/C16H23N/c1-3-8-16-12-7-9-14(2)17(16)13-15-10-5-4-6-11-15/h3-6,10-11,14,16H,1,7-9,12-13H2,2H3/t14-,16+/m1/s1. The lowest BCUT2D eigenvalue weighted by Crippen LogP contribution is -2.44. The molecular formula is C16H23N. The highest BCUT2D eigenvalue weighted by atomic mass is 15.2. The van der Waals surface area contributed by atoms with Crippen LogP contribution >= 0.6 is 0 Å². The maximum absolute atomic E-state index is 3.89. The average Bonchev–Trinajstić information content (AvgIpc) is 2.35. The molecule has 1 heteroatoms. The van der Waals surface area contributed by atoms with E-state index in [1.165, 1.54) is 24.8 Å². The lowest BCUT2D eigenvalue weighted by Gasteiger charge is -2.40. The molecule has 1 saturated heterocycles. The summed E-state index contributed by atoms with van der Waals surface area (Å²) in [6.07, 6.45) is 7.21. The Morgan fingerprint density at radius 1 is 1.29 bits per heavy atom. The molecule has 1 aliphatic heterocycles. The third kappa shape index (κ3) is 3.19. The van der Waals surface area contributed by atoms with E-state index in [0.29, 0.717) is 12.1 Å². The van der Waals surface area contributed by atoms with Crippen molar-refractivity contribution >= 4 is 0 Å². The first-order chi connectivity index (χ1) is 8.31. The molecule has 0 unspecified atom stereocenters. The fourth-order valence-corrected chi connectivity index (χ4v) is 2.87. The van der Waals surface area contributed by atoms with Crippen molar-refractivity contribution in [3.8, 4) is 0 Å². The normalized spacial score (nSPS) is 25.7. The summed E-state index contributed by atoms with van der Waals surface area (Å²) in [5.41, 5.74) is 1.43. The number of benzene rings is 1. The molecule has 0 spiro atoms. The zero-order valence-electron chi connectivity index (χ0n) is 10.8. The maximum atomic E-state index is 3.89. The van der Waals surface area contributed by atoms with Crippen molar-refractivity contribution in [2.75, 3.05) is 0 Å². The van der Waals surface area contributed by atoms with Gasteiger partial charge in [-0.3, -0.25) is 4.90 Å². The molecule has 0 amide bonds. The van der Waals surface area contributed by atoms with Crippen LogP contribution in [-0.4, -0.2) is 17.0 Å². The molecule has 1 heterocycles. The number of rotatable bonds is 4. The van der Waals surface area contributed by atoms with Gasteiger partial charge in [0.15, 0.2) is 0 Å². The summed E-state index contributed by atoms with van der Waals surface area (Å²) >= 11 is 0. The first-order valence-corrected chi connectivity index (χ1v) is 6.72. The van der Waals surface area contributed by atoms with Gasteiger partial charge in [0, 0.05) is 18.6 Å². The van der Waals surface area contributed by atoms with Gasteiger partial charge in [-0.2, -0.15) is 0 Å². The van der Waals surface area contributed by atoms with E-state index in [0.717, 1.165) is 13.0 Å². The second-order valence-corrected chi connectivity index (χ2v) is 5.12. The highest BCUT2D eigenvalue weighted by molar-refractivity contribution is 5.15. The Balaban J connectivity index is 2.06. The number of hydrogen-bond donors (Lipinski definition) is 0. The van der Waals surface area contributed by atoms with E-state index < -0.39 is 0 Å². The lowest BCUT2D eigenvalue weighted by molar-refractivity contribution is 0.0861. The molecule has 92 valence electrons. The molecule has 0 saturated carbocycles. The van der Waals surface area contributed by atoms with E-state index in [9.17, 15) is 0 Å². The van der Waals surface area contributed by atoms with Crippen LogP contribution in [0.25, 0.3) is 0 Å². The number of nitrogens with zero attached hydrogens (tertiary/aromatic N) is 1. The predicted molar refractivity (Wildman–Crippen MR) is 73.9 cm³/mol. The summed E-state index contributed by atoms with van der Waals surface area (Å²) in [5.74, 6) is 0. The number of likely N-dealkylation sites (tertiary alicyclic amines) is 1. The molecule has 1 aliphatic rings. The summed E-state index contributed by atoms with van der Waals surface area (Å²) in [4.78, 5) is 2.65. The maximum Gasteiger partial charge on any atom is 0.0239 e. The van der Waals surface area contributed by atoms with Crippen LogP contribution < -0.4 is 0 Å². The Morgan fingerprint density at radius 3 is 2.76 bits per heavy atom. The van der Waals surface area contributed by atoms with E-state index >= 15 is 0 Å². The van der Waals surface area contributed by atoms with Crippen LogP contribution in [0, 0.1) is 0 Å². The van der Waals surface area contributed by atoms with E-state index in [-0.39, 0.29) is 0 Å². The Morgan fingerprint density at radius 2 is 2.06 bits per heavy atom. The molecule has 0 N–H and O–H groups in total. The molecule has 1 aromatic rings. The van der Waals surface area contributed by atoms with Crippen LogP contribution in [0.3, 0.4) is 0 Å². The van der Waals surface area contributed by atoms with Gasteiger partial charge in [0.2, 0.25) is 0 Å². The van der Waals surface area contributed by atoms with Crippen LogP contribution in [0.5, 0.6) is 0 Å². The predicted octanol–water partition coefficient (Wildman–Crippen LogP) is 4.01. The van der Waals surface area contributed by atoms with Gasteiger partial charge in [0.1, 0.15) is 0 Å². The minimum absolute atomic E-state index is 0.691. The molecule has 17 heavy (non-hydrogen) atoms. The molecular weight excluding hydrogens is 206 g/mol. The van der Waals surface area contributed by atoms with E-state index in [1.807, 2.05) is 0 Å². The third-order valence-electron chi connectivity index (χ3n) is 3.84. The van der Waals surface area contributed by atoms with Crippen LogP contribution in [0.4, 0.5) is 0 Å².